The topological polar surface area (TPSA) is 70.8 Å². The van der Waals surface area contributed by atoms with Gasteiger partial charge >= 0.3 is 6.03 Å². The first-order chi connectivity index (χ1) is 9.67. The normalized spacial score (nSPS) is 22.6. The molecule has 1 aromatic rings. The Morgan fingerprint density at radius 3 is 3.10 bits per heavy atom. The number of hydrogen-bond donors (Lipinski definition) is 2. The van der Waals surface area contributed by atoms with E-state index in [9.17, 15) is 4.79 Å². The Morgan fingerprint density at radius 1 is 1.45 bits per heavy atom. The third-order valence-corrected chi connectivity index (χ3v) is 4.02. The van der Waals surface area contributed by atoms with Crippen molar-refractivity contribution in [3.05, 3.63) is 23.8 Å². The van der Waals surface area contributed by atoms with Gasteiger partial charge in [0, 0.05) is 44.0 Å². The molecule has 1 atom stereocenters. The van der Waals surface area contributed by atoms with E-state index in [0.717, 1.165) is 49.7 Å². The van der Waals surface area contributed by atoms with Crippen molar-refractivity contribution in [1.29, 1.82) is 0 Å². The van der Waals surface area contributed by atoms with Crippen LogP contribution in [-0.4, -0.2) is 55.2 Å². The van der Waals surface area contributed by atoms with Gasteiger partial charge in [-0.25, -0.2) is 4.79 Å². The van der Waals surface area contributed by atoms with E-state index in [0.29, 0.717) is 0 Å². The molecule has 20 heavy (non-hydrogen) atoms. The van der Waals surface area contributed by atoms with Crippen LogP contribution in [0.5, 0.6) is 5.75 Å². The lowest BCUT2D eigenvalue weighted by Crippen LogP contribution is -2.51. The van der Waals surface area contributed by atoms with Crippen LogP contribution in [0.1, 0.15) is 5.56 Å². The van der Waals surface area contributed by atoms with Crippen LogP contribution in [0.4, 0.5) is 10.5 Å². The monoisotopic (exact) mass is 276 g/mol. The highest BCUT2D eigenvalue weighted by Crippen LogP contribution is 2.24. The molecule has 0 radical (unpaired) electrons. The molecule has 108 valence electrons. The molecule has 2 heterocycles. The highest BCUT2D eigenvalue weighted by molar-refractivity contribution is 5.77. The molecular formula is C14H20N4O2. The van der Waals surface area contributed by atoms with Gasteiger partial charge in [-0.2, -0.15) is 0 Å². The number of urea groups is 1. The van der Waals surface area contributed by atoms with Crippen molar-refractivity contribution in [2.24, 2.45) is 0 Å². The lowest BCUT2D eigenvalue weighted by molar-refractivity contribution is 0.116. The van der Waals surface area contributed by atoms with E-state index in [4.69, 9.17) is 10.5 Å². The summed E-state index contributed by atoms with van der Waals surface area (Å²) in [6.45, 7) is 4.08. The van der Waals surface area contributed by atoms with E-state index >= 15 is 0 Å². The minimum absolute atomic E-state index is 0.0659. The van der Waals surface area contributed by atoms with Gasteiger partial charge in [-0.05, 0) is 18.2 Å². The predicted octanol–water partition coefficient (Wildman–Crippen LogP) is 0.487. The summed E-state index contributed by atoms with van der Waals surface area (Å²) in [6.07, 6.45) is 0. The van der Waals surface area contributed by atoms with E-state index in [1.165, 1.54) is 0 Å². The van der Waals surface area contributed by atoms with Gasteiger partial charge in [0.05, 0.1) is 13.2 Å². The smallest absolute Gasteiger partial charge is 0.317 e. The quantitative estimate of drug-likeness (QED) is 0.788. The summed E-state index contributed by atoms with van der Waals surface area (Å²) in [5.74, 6) is 0.863. The number of nitrogen functional groups attached to an aromatic ring is 1. The Hall–Kier alpha value is -1.95. The number of piperazine rings is 1. The van der Waals surface area contributed by atoms with Crippen molar-refractivity contribution in [1.82, 2.24) is 15.1 Å². The molecule has 3 N–H and O–H groups in total. The SMILES string of the molecule is COc1ccc(N)cc1CN1CCN2C(=O)NCC2C1. The number of rotatable bonds is 3. The van der Waals surface area contributed by atoms with Gasteiger partial charge in [0.2, 0.25) is 0 Å². The number of anilines is 1. The van der Waals surface area contributed by atoms with Crippen molar-refractivity contribution < 1.29 is 9.53 Å². The second kappa shape index (κ2) is 5.20. The molecule has 0 saturated carbocycles. The zero-order chi connectivity index (χ0) is 14.1. The van der Waals surface area contributed by atoms with E-state index in [2.05, 4.69) is 10.2 Å². The Bertz CT molecular complexity index is 520. The van der Waals surface area contributed by atoms with Crippen molar-refractivity contribution >= 4 is 11.7 Å². The lowest BCUT2D eigenvalue weighted by Gasteiger charge is -2.36. The van der Waals surface area contributed by atoms with E-state index < -0.39 is 0 Å². The molecule has 0 bridgehead atoms. The van der Waals surface area contributed by atoms with Gasteiger partial charge in [-0.15, -0.1) is 0 Å². The molecular weight excluding hydrogens is 256 g/mol. The minimum atomic E-state index is 0.0659. The third-order valence-electron chi connectivity index (χ3n) is 4.02. The standard InChI is InChI=1S/C14H20N4O2/c1-20-13-3-2-11(15)6-10(13)8-17-4-5-18-12(9-17)7-16-14(18)19/h2-3,6,12H,4-5,7-9,15H2,1H3,(H,16,19). The summed E-state index contributed by atoms with van der Waals surface area (Å²) in [7, 11) is 1.67. The molecule has 6 heteroatoms. The maximum atomic E-state index is 11.6. The molecule has 0 spiro atoms. The fraction of sp³-hybridized carbons (Fsp3) is 0.500. The number of hydrogen-bond acceptors (Lipinski definition) is 4. The first-order valence-corrected chi connectivity index (χ1v) is 6.86. The molecule has 1 unspecified atom stereocenters. The molecule has 2 aliphatic heterocycles. The van der Waals surface area contributed by atoms with Crippen molar-refractivity contribution in [3.8, 4) is 5.75 Å². The first-order valence-electron chi connectivity index (χ1n) is 6.86. The van der Waals surface area contributed by atoms with Crippen LogP contribution in [-0.2, 0) is 6.54 Å². The van der Waals surface area contributed by atoms with Crippen LogP contribution in [0.25, 0.3) is 0 Å². The molecule has 1 aromatic carbocycles. The summed E-state index contributed by atoms with van der Waals surface area (Å²) in [5, 5.41) is 2.89. The predicted molar refractivity (Wildman–Crippen MR) is 76.6 cm³/mol. The lowest BCUT2D eigenvalue weighted by atomic mass is 10.1. The molecule has 2 saturated heterocycles. The van der Waals surface area contributed by atoms with Gasteiger partial charge < -0.3 is 20.7 Å². The van der Waals surface area contributed by atoms with Gasteiger partial charge in [-0.3, -0.25) is 4.90 Å². The summed E-state index contributed by atoms with van der Waals surface area (Å²) in [6, 6.07) is 6.06. The number of ether oxygens (including phenoxy) is 1. The number of fused-ring (bicyclic) bond motifs is 1. The Kier molecular flexibility index (Phi) is 3.40. The molecule has 0 aliphatic carbocycles. The van der Waals surface area contributed by atoms with Gasteiger partial charge in [0.25, 0.3) is 0 Å². The largest absolute Gasteiger partial charge is 0.496 e. The number of benzene rings is 1. The fourth-order valence-corrected chi connectivity index (χ4v) is 2.97. The maximum absolute atomic E-state index is 11.6. The summed E-state index contributed by atoms with van der Waals surface area (Å²) < 4.78 is 5.39. The molecule has 0 aromatic heterocycles. The number of carbonyl (C=O) groups excluding carboxylic acids is 1. The molecule has 2 aliphatic rings. The zero-order valence-corrected chi connectivity index (χ0v) is 11.6. The number of carbonyl (C=O) groups is 1. The average Bonchev–Trinajstić information content (AvgIpc) is 2.80. The second-order valence-corrected chi connectivity index (χ2v) is 5.34. The van der Waals surface area contributed by atoms with Gasteiger partial charge in [0.1, 0.15) is 5.75 Å². The summed E-state index contributed by atoms with van der Waals surface area (Å²) >= 11 is 0. The Morgan fingerprint density at radius 2 is 2.30 bits per heavy atom. The van der Waals surface area contributed by atoms with Crippen LogP contribution < -0.4 is 15.8 Å². The highest BCUT2D eigenvalue weighted by atomic mass is 16.5. The van der Waals surface area contributed by atoms with Crippen molar-refractivity contribution in [2.45, 2.75) is 12.6 Å². The average molecular weight is 276 g/mol. The minimum Gasteiger partial charge on any atom is -0.496 e. The van der Waals surface area contributed by atoms with E-state index in [-0.39, 0.29) is 12.1 Å². The number of nitrogens with two attached hydrogens (primary N) is 1. The van der Waals surface area contributed by atoms with Crippen LogP contribution in [0.2, 0.25) is 0 Å². The third kappa shape index (κ3) is 2.38. The summed E-state index contributed by atoms with van der Waals surface area (Å²) in [5.41, 5.74) is 7.70. The van der Waals surface area contributed by atoms with Crippen LogP contribution in [0.3, 0.4) is 0 Å². The Balaban J connectivity index is 1.70. The number of amides is 2. The fourth-order valence-electron chi connectivity index (χ4n) is 2.97. The van der Waals surface area contributed by atoms with Crippen LogP contribution >= 0.6 is 0 Å². The van der Waals surface area contributed by atoms with Crippen LogP contribution in [0, 0.1) is 0 Å². The highest BCUT2D eigenvalue weighted by Gasteiger charge is 2.35. The second-order valence-electron chi connectivity index (χ2n) is 5.34. The van der Waals surface area contributed by atoms with Gasteiger partial charge in [-0.1, -0.05) is 0 Å². The number of nitrogens with zero attached hydrogens (tertiary/aromatic N) is 2. The Labute approximate surface area is 118 Å². The van der Waals surface area contributed by atoms with Gasteiger partial charge in [0.15, 0.2) is 0 Å². The van der Waals surface area contributed by atoms with Crippen LogP contribution in [0.15, 0.2) is 18.2 Å². The number of nitrogens with one attached hydrogen (secondary N) is 1. The maximum Gasteiger partial charge on any atom is 0.317 e. The molecule has 2 amide bonds. The molecule has 6 nitrogen and oxygen atoms in total. The van der Waals surface area contributed by atoms with Crippen molar-refractivity contribution in [2.75, 3.05) is 39.0 Å². The van der Waals surface area contributed by atoms with E-state index in [1.54, 1.807) is 7.11 Å². The molecule has 3 rings (SSSR count). The first kappa shape index (κ1) is 13.1. The number of methoxy groups -OCH3 is 1. The van der Waals surface area contributed by atoms with Crippen molar-refractivity contribution in [3.63, 3.8) is 0 Å². The van der Waals surface area contributed by atoms with E-state index in [1.807, 2.05) is 23.1 Å². The molecule has 2 fully saturated rings. The zero-order valence-electron chi connectivity index (χ0n) is 11.6. The summed E-state index contributed by atoms with van der Waals surface area (Å²) in [4.78, 5) is 15.8.